The van der Waals surface area contributed by atoms with Crippen molar-refractivity contribution in [2.75, 3.05) is 6.61 Å². The molecule has 0 atom stereocenters. The average Bonchev–Trinajstić information content (AvgIpc) is 2.90. The Bertz CT molecular complexity index is 1300. The predicted octanol–water partition coefficient (Wildman–Crippen LogP) is 12.2. The van der Waals surface area contributed by atoms with E-state index in [-0.39, 0.29) is 36.0 Å². The van der Waals surface area contributed by atoms with Crippen LogP contribution in [0.5, 0.6) is 0 Å². The second-order valence-corrected chi connectivity index (χ2v) is 13.6. The molecule has 0 fully saturated rings. The maximum Gasteiger partial charge on any atom is 0.513 e. The number of carbonyl (C=O) groups excluding carboxylic acids is 1. The van der Waals surface area contributed by atoms with Crippen LogP contribution in [0.4, 0.5) is 4.79 Å². The van der Waals surface area contributed by atoms with E-state index in [9.17, 15) is 4.79 Å². The summed E-state index contributed by atoms with van der Waals surface area (Å²) in [5.74, 6) is 0. The fraction of sp³-hybridized carbons (Fsp3) is 0.475. The molecule has 0 aromatic heterocycles. The van der Waals surface area contributed by atoms with E-state index >= 15 is 0 Å². The van der Waals surface area contributed by atoms with Crippen molar-refractivity contribution in [1.29, 1.82) is 0 Å². The van der Waals surface area contributed by atoms with E-state index < -0.39 is 6.16 Å². The molecule has 0 heterocycles. The summed E-state index contributed by atoms with van der Waals surface area (Å²) in [6.45, 7) is 22.1. The van der Waals surface area contributed by atoms with E-state index in [2.05, 4.69) is 91.8 Å². The normalized spacial score (nSPS) is 20.3. The fourth-order valence-corrected chi connectivity index (χ4v) is 5.79. The molecule has 1 radical (unpaired) electrons. The Hall–Kier alpha value is -2.75. The van der Waals surface area contributed by atoms with E-state index in [1.165, 1.54) is 78.2 Å². The summed E-state index contributed by atoms with van der Waals surface area (Å²) < 4.78 is 10.3. The summed E-state index contributed by atoms with van der Waals surface area (Å²) in [4.78, 5) is 12.0. The van der Waals surface area contributed by atoms with Crippen molar-refractivity contribution in [2.45, 2.75) is 108 Å². The smallest absolute Gasteiger partial charge is 0.430 e. The zero-order valence-electron chi connectivity index (χ0n) is 29.0. The standard InChI is InChI=1S/C40H56O3.V/c1-30(21-23-36-34(5)19-13-26-39(36,7)8)15-11-17-32(3)25-28-42-38(41)43-29-33(4)18-12-16-31(2)22-24-37-35(6)20-14-27-40(37,9)10;/h11-12,15-18,21-25,29H,13-14,19-20,26-28H2,1-10H3;/b17-11+,18-12+,23-21+,24-22+,30-15+,31-16+,32-25+,33-29+;. The van der Waals surface area contributed by atoms with Crippen LogP contribution in [-0.2, 0) is 28.0 Å². The summed E-state index contributed by atoms with van der Waals surface area (Å²) in [6.07, 6.45) is 31.0. The van der Waals surface area contributed by atoms with Gasteiger partial charge in [-0.15, -0.1) is 0 Å². The average molecular weight is 636 g/mol. The molecule has 0 aromatic carbocycles. The molecule has 0 aromatic rings. The molecule has 0 spiro atoms. The molecule has 0 N–H and O–H groups in total. The van der Waals surface area contributed by atoms with Crippen molar-refractivity contribution in [3.8, 4) is 0 Å². The van der Waals surface area contributed by atoms with Crippen LogP contribution in [0.3, 0.4) is 0 Å². The molecule has 2 rings (SSSR count). The molecule has 0 bridgehead atoms. The van der Waals surface area contributed by atoms with Gasteiger partial charge in [-0.3, -0.25) is 0 Å². The van der Waals surface area contributed by atoms with E-state index in [4.69, 9.17) is 9.47 Å². The van der Waals surface area contributed by atoms with E-state index in [1.807, 2.05) is 44.2 Å². The minimum Gasteiger partial charge on any atom is -0.430 e. The third-order valence-corrected chi connectivity index (χ3v) is 8.49. The van der Waals surface area contributed by atoms with Crippen molar-refractivity contribution in [2.24, 2.45) is 10.8 Å². The quantitative estimate of drug-likeness (QED) is 0.129. The van der Waals surface area contributed by atoms with Crippen molar-refractivity contribution in [1.82, 2.24) is 0 Å². The molecule has 0 saturated carbocycles. The van der Waals surface area contributed by atoms with Crippen LogP contribution >= 0.6 is 0 Å². The van der Waals surface area contributed by atoms with Crippen molar-refractivity contribution in [3.05, 3.63) is 118 Å². The largest absolute Gasteiger partial charge is 0.513 e. The first kappa shape index (κ1) is 39.3. The molecule has 44 heavy (non-hydrogen) atoms. The van der Waals surface area contributed by atoms with Gasteiger partial charge in [0.1, 0.15) is 12.9 Å². The number of carbonyl (C=O) groups is 1. The van der Waals surface area contributed by atoms with Gasteiger partial charge in [-0.05, 0) is 114 Å². The number of hydrogen-bond acceptors (Lipinski definition) is 3. The van der Waals surface area contributed by atoms with Crippen molar-refractivity contribution >= 4 is 6.16 Å². The molecule has 2 aliphatic carbocycles. The number of rotatable bonds is 11. The van der Waals surface area contributed by atoms with Gasteiger partial charge in [0.05, 0.1) is 0 Å². The molecule has 0 amide bonds. The van der Waals surface area contributed by atoms with Gasteiger partial charge in [0.25, 0.3) is 0 Å². The SMILES string of the molecule is CC1=C(/C=C/C(C)=C/C=C/C(C)=C/COC(=O)O/C=C(C)/C=C/C=C(C)/C=C/C2=C(C)CCCC2(C)C)C(C)(C)CCC1.[V]. The van der Waals surface area contributed by atoms with E-state index in [1.54, 1.807) is 0 Å². The Balaban J connectivity index is 0.00000968. The topological polar surface area (TPSA) is 35.5 Å². The van der Waals surface area contributed by atoms with Crippen LogP contribution in [0.1, 0.15) is 108 Å². The Morgan fingerprint density at radius 3 is 1.61 bits per heavy atom. The maximum absolute atomic E-state index is 12.0. The zero-order chi connectivity index (χ0) is 32.0. The maximum atomic E-state index is 12.0. The number of ether oxygens (including phenoxy) is 2. The van der Waals surface area contributed by atoms with Crippen molar-refractivity contribution < 1.29 is 32.8 Å². The first-order valence-corrected chi connectivity index (χ1v) is 15.8. The van der Waals surface area contributed by atoms with Gasteiger partial charge in [-0.2, -0.15) is 0 Å². The third-order valence-electron chi connectivity index (χ3n) is 8.49. The van der Waals surface area contributed by atoms with Gasteiger partial charge in [-0.25, -0.2) is 4.79 Å². The summed E-state index contributed by atoms with van der Waals surface area (Å²) >= 11 is 0. The minimum absolute atomic E-state index is 0. The first-order valence-electron chi connectivity index (χ1n) is 15.8. The Labute approximate surface area is 280 Å². The fourth-order valence-electron chi connectivity index (χ4n) is 5.79. The molecular weight excluding hydrogens is 579 g/mol. The number of hydrogen-bond donors (Lipinski definition) is 0. The molecule has 0 saturated heterocycles. The van der Waals surface area contributed by atoms with Crippen LogP contribution in [0.2, 0.25) is 0 Å². The molecule has 3 nitrogen and oxygen atoms in total. The molecule has 4 heteroatoms. The summed E-state index contributed by atoms with van der Waals surface area (Å²) in [7, 11) is 0. The molecule has 0 aliphatic heterocycles. The van der Waals surface area contributed by atoms with Gasteiger partial charge < -0.3 is 9.47 Å². The van der Waals surface area contributed by atoms with Crippen LogP contribution in [0, 0.1) is 10.8 Å². The van der Waals surface area contributed by atoms with Crippen molar-refractivity contribution in [3.63, 3.8) is 0 Å². The predicted molar refractivity (Wildman–Crippen MR) is 185 cm³/mol. The second-order valence-electron chi connectivity index (χ2n) is 13.6. The number of allylic oxidation sites excluding steroid dienone is 18. The van der Waals surface area contributed by atoms with Crippen LogP contribution < -0.4 is 0 Å². The van der Waals surface area contributed by atoms with E-state index in [0.717, 1.165) is 11.1 Å². The van der Waals surface area contributed by atoms with E-state index in [0.29, 0.717) is 0 Å². The Morgan fingerprint density at radius 1 is 0.705 bits per heavy atom. The summed E-state index contributed by atoms with van der Waals surface area (Å²) in [5.41, 5.74) is 10.6. The van der Waals surface area contributed by atoms with Gasteiger partial charge in [0.2, 0.25) is 0 Å². The van der Waals surface area contributed by atoms with Crippen LogP contribution in [0.15, 0.2) is 118 Å². The molecule has 0 unspecified atom stereocenters. The monoisotopic (exact) mass is 635 g/mol. The third kappa shape index (κ3) is 13.9. The minimum atomic E-state index is -0.717. The van der Waals surface area contributed by atoms with Crippen LogP contribution in [-0.4, -0.2) is 12.8 Å². The summed E-state index contributed by atoms with van der Waals surface area (Å²) in [6, 6.07) is 0. The first-order chi connectivity index (χ1) is 20.2. The Kier molecular flexibility index (Phi) is 16.9. The van der Waals surface area contributed by atoms with Gasteiger partial charge in [-0.1, -0.05) is 116 Å². The van der Waals surface area contributed by atoms with Gasteiger partial charge >= 0.3 is 6.16 Å². The summed E-state index contributed by atoms with van der Waals surface area (Å²) in [5, 5.41) is 0. The molecule has 239 valence electrons. The van der Waals surface area contributed by atoms with Gasteiger partial charge in [0.15, 0.2) is 0 Å². The molecular formula is C40H56O3V. The zero-order valence-corrected chi connectivity index (χ0v) is 30.4. The molecule has 2 aliphatic rings. The Morgan fingerprint density at radius 2 is 1.16 bits per heavy atom. The van der Waals surface area contributed by atoms with Gasteiger partial charge in [0, 0.05) is 18.6 Å². The second kappa shape index (κ2) is 18.9. The van der Waals surface area contributed by atoms with Crippen LogP contribution in [0.25, 0.3) is 0 Å².